The van der Waals surface area contributed by atoms with Gasteiger partial charge in [0.1, 0.15) is 23.0 Å². The van der Waals surface area contributed by atoms with Crippen molar-refractivity contribution < 1.29 is 23.1 Å². The Hall–Kier alpha value is -3.33. The van der Waals surface area contributed by atoms with Gasteiger partial charge in [0.05, 0.1) is 16.9 Å². The largest absolute Gasteiger partial charge is 0.477 e. The highest BCUT2D eigenvalue weighted by atomic mass is 19.1. The maximum atomic E-state index is 15.2. The molecule has 2 aromatic carbocycles. The lowest BCUT2D eigenvalue weighted by molar-refractivity contribution is 0.0695. The second-order valence-corrected chi connectivity index (χ2v) is 8.59. The third-order valence-electron chi connectivity index (χ3n) is 6.15. The predicted molar refractivity (Wildman–Crippen MR) is 120 cm³/mol. The van der Waals surface area contributed by atoms with E-state index >= 15 is 4.39 Å². The van der Waals surface area contributed by atoms with Crippen LogP contribution in [0.3, 0.4) is 0 Å². The fourth-order valence-electron chi connectivity index (χ4n) is 4.56. The molecule has 1 N–H and O–H groups in total. The van der Waals surface area contributed by atoms with Gasteiger partial charge in [-0.2, -0.15) is 0 Å². The standard InChI is InChI=1S/C24H24F3N3O3/c1-13(2)29-7-6-28(11-14(29)3)22-10-21-16(9-19(22)27)23(31)17(24(32)33)12-30(21)20-5-4-15(25)8-18(20)26/h4-5,8-10,12-14H,6-7,11H2,1-3H3,(H,32,33). The normalized spacial score (nSPS) is 17.2. The van der Waals surface area contributed by atoms with E-state index in [0.717, 1.165) is 29.0 Å². The topological polar surface area (TPSA) is 65.8 Å². The first-order valence-electron chi connectivity index (χ1n) is 10.7. The Balaban J connectivity index is 1.93. The van der Waals surface area contributed by atoms with Crippen LogP contribution in [0.5, 0.6) is 0 Å². The van der Waals surface area contributed by atoms with Crippen molar-refractivity contribution in [3.8, 4) is 5.69 Å². The second-order valence-electron chi connectivity index (χ2n) is 8.59. The highest BCUT2D eigenvalue weighted by molar-refractivity contribution is 5.94. The average Bonchev–Trinajstić information content (AvgIpc) is 2.74. The quantitative estimate of drug-likeness (QED) is 0.639. The van der Waals surface area contributed by atoms with Crippen molar-refractivity contribution in [1.82, 2.24) is 9.47 Å². The molecule has 1 aliphatic heterocycles. The number of halogens is 3. The molecule has 3 aromatic rings. The number of carboxylic acids is 1. The van der Waals surface area contributed by atoms with Crippen LogP contribution >= 0.6 is 0 Å². The number of aromatic carboxylic acids is 1. The van der Waals surface area contributed by atoms with Crippen LogP contribution < -0.4 is 10.3 Å². The Morgan fingerprint density at radius 3 is 2.36 bits per heavy atom. The number of fused-ring (bicyclic) bond motifs is 1. The van der Waals surface area contributed by atoms with Crippen LogP contribution in [0.1, 0.15) is 31.1 Å². The Morgan fingerprint density at radius 1 is 1.06 bits per heavy atom. The van der Waals surface area contributed by atoms with Gasteiger partial charge in [-0.05, 0) is 45.0 Å². The van der Waals surface area contributed by atoms with Gasteiger partial charge in [-0.1, -0.05) is 0 Å². The summed E-state index contributed by atoms with van der Waals surface area (Å²) in [5.41, 5.74) is -1.31. The van der Waals surface area contributed by atoms with E-state index in [0.29, 0.717) is 31.7 Å². The van der Waals surface area contributed by atoms with Gasteiger partial charge in [-0.3, -0.25) is 9.69 Å². The van der Waals surface area contributed by atoms with E-state index < -0.39 is 34.4 Å². The van der Waals surface area contributed by atoms with E-state index in [9.17, 15) is 23.5 Å². The zero-order valence-corrected chi connectivity index (χ0v) is 18.5. The van der Waals surface area contributed by atoms with Crippen molar-refractivity contribution in [2.45, 2.75) is 32.9 Å². The number of hydrogen-bond acceptors (Lipinski definition) is 4. The molecule has 1 aromatic heterocycles. The molecule has 1 atom stereocenters. The predicted octanol–water partition coefficient (Wildman–Crippen LogP) is 4.03. The first kappa shape index (κ1) is 22.8. The second kappa shape index (κ2) is 8.55. The van der Waals surface area contributed by atoms with Gasteiger partial charge in [-0.15, -0.1) is 0 Å². The van der Waals surface area contributed by atoms with E-state index in [1.54, 1.807) is 0 Å². The van der Waals surface area contributed by atoms with Crippen LogP contribution in [0.2, 0.25) is 0 Å². The van der Waals surface area contributed by atoms with Crippen molar-refractivity contribution in [1.29, 1.82) is 0 Å². The van der Waals surface area contributed by atoms with Crippen LogP contribution in [-0.4, -0.2) is 52.3 Å². The van der Waals surface area contributed by atoms with E-state index in [1.165, 1.54) is 6.07 Å². The summed E-state index contributed by atoms with van der Waals surface area (Å²) in [6.07, 6.45) is 0.990. The minimum atomic E-state index is -1.53. The van der Waals surface area contributed by atoms with Crippen LogP contribution in [0.4, 0.5) is 18.9 Å². The maximum Gasteiger partial charge on any atom is 0.341 e. The van der Waals surface area contributed by atoms with Crippen molar-refractivity contribution in [2.24, 2.45) is 0 Å². The minimum absolute atomic E-state index is 0.130. The molecule has 33 heavy (non-hydrogen) atoms. The molecule has 1 fully saturated rings. The highest BCUT2D eigenvalue weighted by Gasteiger charge is 2.28. The molecule has 0 bridgehead atoms. The molecular formula is C24H24F3N3O3. The number of aromatic nitrogens is 1. The fraction of sp³-hybridized carbons (Fsp3) is 0.333. The number of rotatable bonds is 4. The number of hydrogen-bond donors (Lipinski definition) is 1. The number of carbonyl (C=O) groups is 1. The molecular weight excluding hydrogens is 435 g/mol. The number of pyridine rings is 1. The van der Waals surface area contributed by atoms with E-state index in [1.807, 2.05) is 11.8 Å². The lowest BCUT2D eigenvalue weighted by Crippen LogP contribution is -2.54. The first-order valence-corrected chi connectivity index (χ1v) is 10.7. The smallest absolute Gasteiger partial charge is 0.341 e. The fourth-order valence-corrected chi connectivity index (χ4v) is 4.56. The Kier molecular flexibility index (Phi) is 5.92. The maximum absolute atomic E-state index is 15.2. The molecule has 1 unspecified atom stereocenters. The lowest BCUT2D eigenvalue weighted by atomic mass is 10.1. The number of carboxylic acid groups (broad SMARTS) is 1. The van der Waals surface area contributed by atoms with Crippen LogP contribution in [0.15, 0.2) is 41.3 Å². The summed E-state index contributed by atoms with van der Waals surface area (Å²) in [5.74, 6) is -3.94. The van der Waals surface area contributed by atoms with E-state index in [4.69, 9.17) is 0 Å². The molecule has 174 valence electrons. The van der Waals surface area contributed by atoms with Crippen molar-refractivity contribution in [3.05, 3.63) is 69.8 Å². The molecule has 0 spiro atoms. The van der Waals surface area contributed by atoms with Gasteiger partial charge in [-0.25, -0.2) is 18.0 Å². The van der Waals surface area contributed by atoms with Crippen LogP contribution in [0, 0.1) is 17.5 Å². The monoisotopic (exact) mass is 459 g/mol. The molecule has 2 heterocycles. The number of anilines is 1. The molecule has 4 rings (SSSR count). The number of piperazine rings is 1. The van der Waals surface area contributed by atoms with Crippen molar-refractivity contribution in [2.75, 3.05) is 24.5 Å². The van der Waals surface area contributed by atoms with Gasteiger partial charge in [0, 0.05) is 49.4 Å². The zero-order chi connectivity index (χ0) is 24.0. The van der Waals surface area contributed by atoms with Gasteiger partial charge in [0.15, 0.2) is 0 Å². The molecule has 0 radical (unpaired) electrons. The molecule has 0 saturated carbocycles. The Bertz CT molecular complexity index is 1310. The summed E-state index contributed by atoms with van der Waals surface area (Å²) < 4.78 is 44.5. The molecule has 9 heteroatoms. The highest BCUT2D eigenvalue weighted by Crippen LogP contribution is 2.29. The first-order chi connectivity index (χ1) is 15.6. The van der Waals surface area contributed by atoms with E-state index in [2.05, 4.69) is 18.7 Å². The van der Waals surface area contributed by atoms with Crippen molar-refractivity contribution >= 4 is 22.6 Å². The Labute approximate surface area is 188 Å². The summed E-state index contributed by atoms with van der Waals surface area (Å²) in [6, 6.07) is 5.75. The summed E-state index contributed by atoms with van der Waals surface area (Å²) in [6.45, 7) is 8.05. The summed E-state index contributed by atoms with van der Waals surface area (Å²) in [7, 11) is 0. The average molecular weight is 459 g/mol. The van der Waals surface area contributed by atoms with Crippen molar-refractivity contribution in [3.63, 3.8) is 0 Å². The number of nitrogens with zero attached hydrogens (tertiary/aromatic N) is 3. The van der Waals surface area contributed by atoms with Gasteiger partial charge < -0.3 is 14.6 Å². The molecule has 1 saturated heterocycles. The van der Waals surface area contributed by atoms with Gasteiger partial charge >= 0.3 is 5.97 Å². The molecule has 1 aliphatic rings. The summed E-state index contributed by atoms with van der Waals surface area (Å²) >= 11 is 0. The minimum Gasteiger partial charge on any atom is -0.477 e. The SMILES string of the molecule is CC(C)N1CCN(c2cc3c(cc2F)c(=O)c(C(=O)O)cn3-c2ccc(F)cc2F)CC1C. The lowest BCUT2D eigenvalue weighted by Gasteiger charge is -2.43. The van der Waals surface area contributed by atoms with E-state index in [-0.39, 0.29) is 28.3 Å². The van der Waals surface area contributed by atoms with Gasteiger partial charge in [0.2, 0.25) is 5.43 Å². The molecule has 6 nitrogen and oxygen atoms in total. The Morgan fingerprint density at radius 2 is 1.76 bits per heavy atom. The summed E-state index contributed by atoms with van der Waals surface area (Å²) in [4.78, 5) is 28.6. The third-order valence-corrected chi connectivity index (χ3v) is 6.15. The van der Waals surface area contributed by atoms with Gasteiger partial charge in [0.25, 0.3) is 0 Å². The molecule has 0 aliphatic carbocycles. The summed E-state index contributed by atoms with van der Waals surface area (Å²) in [5, 5.41) is 9.26. The zero-order valence-electron chi connectivity index (χ0n) is 18.5. The van der Waals surface area contributed by atoms with Crippen LogP contribution in [0.25, 0.3) is 16.6 Å². The third kappa shape index (κ3) is 4.08. The van der Waals surface area contributed by atoms with Crippen LogP contribution in [-0.2, 0) is 0 Å². The molecule has 0 amide bonds. The number of benzene rings is 2.